The first-order chi connectivity index (χ1) is 9.97. The van der Waals surface area contributed by atoms with Gasteiger partial charge in [-0.05, 0) is 24.5 Å². The summed E-state index contributed by atoms with van der Waals surface area (Å²) in [5.74, 6) is -1.45. The van der Waals surface area contributed by atoms with Crippen molar-refractivity contribution < 1.29 is 19.2 Å². The smallest absolute Gasteiger partial charge is 0.325 e. The highest BCUT2D eigenvalue weighted by molar-refractivity contribution is 6.31. The van der Waals surface area contributed by atoms with Crippen LogP contribution >= 0.6 is 0 Å². The zero-order valence-corrected chi connectivity index (χ0v) is 11.8. The van der Waals surface area contributed by atoms with Gasteiger partial charge in [0.1, 0.15) is 6.04 Å². The number of hydrogen-bond acceptors (Lipinski definition) is 3. The Bertz CT molecular complexity index is 625. The molecule has 1 aromatic rings. The zero-order valence-electron chi connectivity index (χ0n) is 11.8. The molecule has 1 aliphatic rings. The molecule has 1 aliphatic heterocycles. The molecule has 1 atom stereocenters. The first-order valence-electron chi connectivity index (χ1n) is 6.65. The Morgan fingerprint density at radius 1 is 1.24 bits per heavy atom. The van der Waals surface area contributed by atoms with Crippen LogP contribution in [-0.4, -0.2) is 39.5 Å². The van der Waals surface area contributed by atoms with Crippen LogP contribution in [0.2, 0.25) is 0 Å². The Morgan fingerprint density at radius 3 is 2.19 bits per heavy atom. The standard InChI is InChI=1S/C15H15N3O3/c1-9(2)7-12(13(19)8-17-16)18-14(20)10-5-3-4-6-11(10)15(18)21/h3-6,8-9,12H,7H2,1-2H3/t12-/m0/s1. The molecule has 0 radical (unpaired) electrons. The Hall–Kier alpha value is -2.59. The highest BCUT2D eigenvalue weighted by Crippen LogP contribution is 2.26. The first kappa shape index (κ1) is 14.8. The van der Waals surface area contributed by atoms with Crippen molar-refractivity contribution in [2.75, 3.05) is 0 Å². The molecule has 0 saturated heterocycles. The number of Topliss-reactive ketones (excluding diaryl/α,β-unsaturated/α-hetero) is 1. The Kier molecular flexibility index (Phi) is 4.10. The van der Waals surface area contributed by atoms with E-state index < -0.39 is 23.6 Å². The summed E-state index contributed by atoms with van der Waals surface area (Å²) in [7, 11) is 0. The molecule has 108 valence electrons. The largest absolute Gasteiger partial charge is 0.361 e. The lowest BCUT2D eigenvalue weighted by atomic mass is 9.99. The van der Waals surface area contributed by atoms with Crippen molar-refractivity contribution >= 4 is 23.8 Å². The summed E-state index contributed by atoms with van der Waals surface area (Å²) in [6.07, 6.45) is 1.05. The molecule has 1 heterocycles. The lowest BCUT2D eigenvalue weighted by Gasteiger charge is -2.24. The van der Waals surface area contributed by atoms with Gasteiger partial charge in [0.25, 0.3) is 17.6 Å². The molecule has 6 heteroatoms. The minimum Gasteiger partial charge on any atom is -0.361 e. The van der Waals surface area contributed by atoms with E-state index in [2.05, 4.69) is 4.79 Å². The van der Waals surface area contributed by atoms with Crippen molar-refractivity contribution in [2.24, 2.45) is 5.92 Å². The molecule has 21 heavy (non-hydrogen) atoms. The van der Waals surface area contributed by atoms with Gasteiger partial charge in [0.05, 0.1) is 11.1 Å². The van der Waals surface area contributed by atoms with Crippen molar-refractivity contribution in [1.29, 1.82) is 0 Å². The fourth-order valence-corrected chi connectivity index (χ4v) is 2.43. The molecule has 2 rings (SSSR count). The first-order valence-corrected chi connectivity index (χ1v) is 6.65. The van der Waals surface area contributed by atoms with Gasteiger partial charge in [-0.2, -0.15) is 4.79 Å². The summed E-state index contributed by atoms with van der Waals surface area (Å²) in [6.45, 7) is 3.77. The topological polar surface area (TPSA) is 90.8 Å². The lowest BCUT2D eigenvalue weighted by Crippen LogP contribution is -2.46. The third-order valence-electron chi connectivity index (χ3n) is 3.35. The molecular weight excluding hydrogens is 270 g/mol. The van der Waals surface area contributed by atoms with Gasteiger partial charge >= 0.3 is 6.21 Å². The van der Waals surface area contributed by atoms with E-state index in [0.29, 0.717) is 17.5 Å². The van der Waals surface area contributed by atoms with E-state index in [1.165, 1.54) is 0 Å². The third kappa shape index (κ3) is 2.66. The summed E-state index contributed by atoms with van der Waals surface area (Å²) >= 11 is 0. The number of carbonyl (C=O) groups excluding carboxylic acids is 3. The van der Waals surface area contributed by atoms with Crippen molar-refractivity contribution in [1.82, 2.24) is 4.90 Å². The van der Waals surface area contributed by atoms with Gasteiger partial charge in [-0.3, -0.25) is 19.3 Å². The van der Waals surface area contributed by atoms with Gasteiger partial charge in [-0.15, -0.1) is 0 Å². The number of nitrogens with zero attached hydrogens (tertiary/aromatic N) is 3. The highest BCUT2D eigenvalue weighted by Gasteiger charge is 2.43. The minimum absolute atomic E-state index is 0.0929. The van der Waals surface area contributed by atoms with E-state index in [9.17, 15) is 14.4 Å². The van der Waals surface area contributed by atoms with E-state index in [0.717, 1.165) is 11.1 Å². The van der Waals surface area contributed by atoms with E-state index in [1.54, 1.807) is 24.3 Å². The molecule has 1 aromatic carbocycles. The summed E-state index contributed by atoms with van der Waals surface area (Å²) in [6, 6.07) is 5.51. The fraction of sp³-hybridized carbons (Fsp3) is 0.333. The second-order valence-electron chi connectivity index (χ2n) is 5.32. The van der Waals surface area contributed by atoms with Gasteiger partial charge in [0.15, 0.2) is 0 Å². The number of ketones is 1. The maximum Gasteiger partial charge on any atom is 0.325 e. The van der Waals surface area contributed by atoms with E-state index in [4.69, 9.17) is 5.53 Å². The van der Waals surface area contributed by atoms with Crippen LogP contribution in [0.5, 0.6) is 0 Å². The molecule has 0 aliphatic carbocycles. The molecule has 0 fully saturated rings. The lowest BCUT2D eigenvalue weighted by molar-refractivity contribution is -0.120. The molecule has 0 bridgehead atoms. The molecule has 6 nitrogen and oxygen atoms in total. The van der Waals surface area contributed by atoms with Crippen molar-refractivity contribution in [3.05, 3.63) is 40.9 Å². The van der Waals surface area contributed by atoms with Crippen LogP contribution in [0.4, 0.5) is 0 Å². The van der Waals surface area contributed by atoms with E-state index >= 15 is 0 Å². The van der Waals surface area contributed by atoms with Crippen LogP contribution in [0.25, 0.3) is 5.53 Å². The number of hydrogen-bond donors (Lipinski definition) is 0. The van der Waals surface area contributed by atoms with Gasteiger partial charge in [-0.1, -0.05) is 26.0 Å². The predicted molar refractivity (Wildman–Crippen MR) is 74.9 cm³/mol. The van der Waals surface area contributed by atoms with Gasteiger partial charge in [0.2, 0.25) is 0 Å². The molecule has 2 amide bonds. The number of amides is 2. The maximum atomic E-state index is 12.4. The molecule has 0 spiro atoms. The molecular formula is C15H15N3O3. The summed E-state index contributed by atoms with van der Waals surface area (Å²) in [5, 5.41) is 0. The van der Waals surface area contributed by atoms with Gasteiger partial charge < -0.3 is 5.53 Å². The average Bonchev–Trinajstić information content (AvgIpc) is 2.69. The average molecular weight is 285 g/mol. The Labute approximate surface area is 122 Å². The summed E-state index contributed by atoms with van der Waals surface area (Å²) < 4.78 is 0. The molecule has 0 saturated carbocycles. The van der Waals surface area contributed by atoms with Crippen LogP contribution in [0.1, 0.15) is 41.0 Å². The van der Waals surface area contributed by atoms with Crippen LogP contribution < -0.4 is 0 Å². The third-order valence-corrected chi connectivity index (χ3v) is 3.35. The van der Waals surface area contributed by atoms with Gasteiger partial charge in [0, 0.05) is 0 Å². The quantitative estimate of drug-likeness (QED) is 0.356. The Morgan fingerprint density at radius 2 is 1.76 bits per heavy atom. The summed E-state index contributed by atoms with van der Waals surface area (Å²) in [4.78, 5) is 40.5. The normalized spacial score (nSPS) is 14.9. The number of carbonyl (C=O) groups is 3. The summed E-state index contributed by atoms with van der Waals surface area (Å²) in [5.41, 5.74) is 9.12. The van der Waals surface area contributed by atoms with E-state index in [1.807, 2.05) is 13.8 Å². The number of benzene rings is 1. The van der Waals surface area contributed by atoms with Crippen molar-refractivity contribution in [3.63, 3.8) is 0 Å². The second kappa shape index (κ2) is 5.81. The molecule has 0 N–H and O–H groups in total. The predicted octanol–water partition coefficient (Wildman–Crippen LogP) is 1.57. The van der Waals surface area contributed by atoms with Crippen molar-refractivity contribution in [2.45, 2.75) is 26.3 Å². The fourth-order valence-electron chi connectivity index (χ4n) is 2.43. The van der Waals surface area contributed by atoms with Crippen LogP contribution in [0.15, 0.2) is 24.3 Å². The van der Waals surface area contributed by atoms with Crippen molar-refractivity contribution in [3.8, 4) is 0 Å². The maximum absolute atomic E-state index is 12.4. The van der Waals surface area contributed by atoms with Crippen LogP contribution in [0, 0.1) is 5.92 Å². The van der Waals surface area contributed by atoms with Gasteiger partial charge in [-0.25, -0.2) is 0 Å². The Balaban J connectivity index is 2.43. The van der Waals surface area contributed by atoms with Crippen LogP contribution in [-0.2, 0) is 4.79 Å². The van der Waals surface area contributed by atoms with E-state index in [-0.39, 0.29) is 5.92 Å². The monoisotopic (exact) mass is 285 g/mol. The SMILES string of the molecule is CC(C)C[C@@H](C(=O)C=[N+]=[N-])N1C(=O)c2ccccc2C1=O. The number of fused-ring (bicyclic) bond motifs is 1. The molecule has 0 unspecified atom stereocenters. The number of rotatable bonds is 5. The van der Waals surface area contributed by atoms with Crippen LogP contribution in [0.3, 0.4) is 0 Å². The second-order valence-corrected chi connectivity index (χ2v) is 5.32. The molecule has 0 aromatic heterocycles. The zero-order chi connectivity index (χ0) is 15.6. The minimum atomic E-state index is -0.951. The highest BCUT2D eigenvalue weighted by atomic mass is 16.2. The number of imide groups is 1.